The monoisotopic (exact) mass is 489 g/mol. The normalized spacial score (nSPS) is 13.9. The van der Waals surface area contributed by atoms with Crippen molar-refractivity contribution in [3.8, 4) is 5.75 Å². The average molecular weight is 490 g/mol. The maximum Gasteiger partial charge on any atom is 0.350 e. The van der Waals surface area contributed by atoms with Crippen molar-refractivity contribution in [2.75, 3.05) is 20.3 Å². The van der Waals surface area contributed by atoms with Gasteiger partial charge in [-0.05, 0) is 47.2 Å². The van der Waals surface area contributed by atoms with Gasteiger partial charge in [0.05, 0.1) is 12.7 Å². The minimum absolute atomic E-state index is 0.0729. The second kappa shape index (κ2) is 9.42. The number of methoxy groups -OCH3 is 1. The third-order valence-electron chi connectivity index (χ3n) is 5.32. The summed E-state index contributed by atoms with van der Waals surface area (Å²) >= 11 is 0.915. The number of hydrogen-bond donors (Lipinski definition) is 0. The van der Waals surface area contributed by atoms with E-state index in [1.165, 1.54) is 28.9 Å². The largest absolute Gasteiger partial charge is 0.496 e. The first-order valence-corrected chi connectivity index (χ1v) is 12.3. The Morgan fingerprint density at radius 2 is 1.88 bits per heavy atom. The van der Waals surface area contributed by atoms with Crippen molar-refractivity contribution >= 4 is 33.1 Å². The smallest absolute Gasteiger partial charge is 0.350 e. The number of halogens is 1. The van der Waals surface area contributed by atoms with Gasteiger partial charge in [0.2, 0.25) is 15.8 Å². The van der Waals surface area contributed by atoms with Crippen molar-refractivity contribution in [1.29, 1.82) is 0 Å². The van der Waals surface area contributed by atoms with Crippen LogP contribution in [-0.4, -0.2) is 44.7 Å². The van der Waals surface area contributed by atoms with Crippen LogP contribution in [-0.2, 0) is 27.7 Å². The lowest BCUT2D eigenvalue weighted by Gasteiger charge is -2.28. The van der Waals surface area contributed by atoms with E-state index in [-0.39, 0.29) is 27.6 Å². The molecule has 1 aromatic heterocycles. The summed E-state index contributed by atoms with van der Waals surface area (Å²) in [5.41, 5.74) is 1.94. The molecule has 4 rings (SSSR count). The van der Waals surface area contributed by atoms with Crippen LogP contribution >= 0.6 is 11.3 Å². The Bertz CT molecular complexity index is 1320. The number of esters is 1. The Balaban J connectivity index is 1.50. The molecule has 0 radical (unpaired) electrons. The highest BCUT2D eigenvalue weighted by atomic mass is 32.2. The van der Waals surface area contributed by atoms with Crippen LogP contribution in [0.4, 0.5) is 4.39 Å². The van der Waals surface area contributed by atoms with Crippen molar-refractivity contribution in [2.45, 2.75) is 17.9 Å². The number of thiophene rings is 1. The molecule has 0 saturated heterocycles. The first-order chi connectivity index (χ1) is 15.8. The Hall–Kier alpha value is -3.08. The standard InChI is InChI=1S/C23H20FNO6S2/c1-30-20-7-6-17(24)12-18(20)19(26)14-31-23(27)22-21(9-11-32-22)33(28,29)25-10-8-15-4-2-3-5-16(15)13-25/h2-7,9,11-12H,8,10,13-14H2,1H3. The topological polar surface area (TPSA) is 90.0 Å². The number of carbonyl (C=O) groups is 2. The predicted molar refractivity (Wildman–Crippen MR) is 120 cm³/mol. The van der Waals surface area contributed by atoms with E-state index in [2.05, 4.69) is 0 Å². The molecule has 0 unspecified atom stereocenters. The lowest BCUT2D eigenvalue weighted by molar-refractivity contribution is 0.0475. The minimum Gasteiger partial charge on any atom is -0.496 e. The third kappa shape index (κ3) is 4.68. The quantitative estimate of drug-likeness (QED) is 0.372. The molecule has 2 aromatic carbocycles. The number of carbonyl (C=O) groups excluding carboxylic acids is 2. The number of rotatable bonds is 7. The van der Waals surface area contributed by atoms with Gasteiger partial charge in [-0.25, -0.2) is 17.6 Å². The number of benzene rings is 2. The zero-order valence-electron chi connectivity index (χ0n) is 17.6. The molecule has 3 aromatic rings. The number of fused-ring (bicyclic) bond motifs is 1. The summed E-state index contributed by atoms with van der Waals surface area (Å²) in [6.07, 6.45) is 0.573. The Morgan fingerprint density at radius 3 is 2.64 bits per heavy atom. The van der Waals surface area contributed by atoms with Gasteiger partial charge in [0, 0.05) is 13.1 Å². The molecule has 0 atom stereocenters. The summed E-state index contributed by atoms with van der Waals surface area (Å²) in [7, 11) is -2.62. The van der Waals surface area contributed by atoms with E-state index in [0.29, 0.717) is 13.0 Å². The van der Waals surface area contributed by atoms with Crippen molar-refractivity contribution in [2.24, 2.45) is 0 Å². The molecule has 0 amide bonds. The van der Waals surface area contributed by atoms with Gasteiger partial charge in [0.1, 0.15) is 21.3 Å². The second-order valence-electron chi connectivity index (χ2n) is 7.32. The zero-order chi connectivity index (χ0) is 23.6. The molecule has 172 valence electrons. The van der Waals surface area contributed by atoms with E-state index in [9.17, 15) is 22.4 Å². The summed E-state index contributed by atoms with van der Waals surface area (Å²) in [5.74, 6) is -2.11. The summed E-state index contributed by atoms with van der Waals surface area (Å²) in [5, 5.41) is 1.48. The molecular formula is C23H20FNO6S2. The predicted octanol–water partition coefficient (Wildman–Crippen LogP) is 3.68. The van der Waals surface area contributed by atoms with E-state index >= 15 is 0 Å². The zero-order valence-corrected chi connectivity index (χ0v) is 19.2. The van der Waals surface area contributed by atoms with E-state index in [1.807, 2.05) is 24.3 Å². The van der Waals surface area contributed by atoms with Crippen LogP contribution in [0.2, 0.25) is 0 Å². The number of sulfonamides is 1. The third-order valence-corrected chi connectivity index (χ3v) is 8.24. The summed E-state index contributed by atoms with van der Waals surface area (Å²) in [4.78, 5) is 24.8. The van der Waals surface area contributed by atoms with E-state index in [1.54, 1.807) is 0 Å². The molecule has 0 aliphatic carbocycles. The Morgan fingerprint density at radius 1 is 1.12 bits per heavy atom. The molecule has 33 heavy (non-hydrogen) atoms. The van der Waals surface area contributed by atoms with Gasteiger partial charge < -0.3 is 9.47 Å². The van der Waals surface area contributed by atoms with Crippen LogP contribution in [0.1, 0.15) is 31.2 Å². The van der Waals surface area contributed by atoms with Crippen molar-refractivity contribution < 1.29 is 31.9 Å². The van der Waals surface area contributed by atoms with Gasteiger partial charge >= 0.3 is 5.97 Å². The molecule has 7 nitrogen and oxygen atoms in total. The lowest BCUT2D eigenvalue weighted by atomic mass is 10.0. The summed E-state index contributed by atoms with van der Waals surface area (Å²) < 4.78 is 51.5. The van der Waals surface area contributed by atoms with Crippen molar-refractivity contribution in [3.05, 3.63) is 81.3 Å². The van der Waals surface area contributed by atoms with Crippen molar-refractivity contribution in [1.82, 2.24) is 4.31 Å². The number of Topliss-reactive ketones (excluding diaryl/α,β-unsaturated/α-hetero) is 1. The van der Waals surface area contributed by atoms with E-state index in [0.717, 1.165) is 34.6 Å². The maximum absolute atomic E-state index is 13.5. The van der Waals surface area contributed by atoms with E-state index < -0.39 is 34.2 Å². The molecule has 0 saturated carbocycles. The van der Waals surface area contributed by atoms with Crippen LogP contribution in [0.5, 0.6) is 5.75 Å². The minimum atomic E-state index is -3.96. The molecule has 0 N–H and O–H groups in total. The number of ether oxygens (including phenoxy) is 2. The first kappa shape index (κ1) is 23.1. The van der Waals surface area contributed by atoms with Crippen LogP contribution < -0.4 is 4.74 Å². The number of ketones is 1. The summed E-state index contributed by atoms with van der Waals surface area (Å²) in [6.45, 7) is -0.185. The van der Waals surface area contributed by atoms with Gasteiger partial charge in [-0.3, -0.25) is 4.79 Å². The van der Waals surface area contributed by atoms with Gasteiger partial charge in [0.15, 0.2) is 6.61 Å². The SMILES string of the molecule is COc1ccc(F)cc1C(=O)COC(=O)c1sccc1S(=O)(=O)N1CCc2ccccc2C1. The number of nitrogens with zero attached hydrogens (tertiary/aromatic N) is 1. The average Bonchev–Trinajstić information content (AvgIpc) is 3.33. The summed E-state index contributed by atoms with van der Waals surface area (Å²) in [6, 6.07) is 12.4. The van der Waals surface area contributed by atoms with Gasteiger partial charge in [-0.15, -0.1) is 11.3 Å². The molecule has 2 heterocycles. The highest BCUT2D eigenvalue weighted by molar-refractivity contribution is 7.89. The molecule has 0 spiro atoms. The number of hydrogen-bond acceptors (Lipinski definition) is 7. The molecule has 10 heteroatoms. The van der Waals surface area contributed by atoms with Crippen LogP contribution in [0, 0.1) is 5.82 Å². The van der Waals surface area contributed by atoms with Gasteiger partial charge in [-0.2, -0.15) is 4.31 Å². The van der Waals surface area contributed by atoms with Crippen LogP contribution in [0.25, 0.3) is 0 Å². The molecule has 1 aliphatic heterocycles. The van der Waals surface area contributed by atoms with Crippen molar-refractivity contribution in [3.63, 3.8) is 0 Å². The molecular weight excluding hydrogens is 469 g/mol. The molecule has 0 fully saturated rings. The van der Waals surface area contributed by atoms with E-state index in [4.69, 9.17) is 9.47 Å². The highest BCUT2D eigenvalue weighted by Crippen LogP contribution is 2.30. The van der Waals surface area contributed by atoms with Gasteiger partial charge in [0.25, 0.3) is 0 Å². The second-order valence-corrected chi connectivity index (χ2v) is 10.1. The highest BCUT2D eigenvalue weighted by Gasteiger charge is 2.33. The fourth-order valence-corrected chi connectivity index (χ4v) is 6.34. The maximum atomic E-state index is 13.5. The van der Waals surface area contributed by atoms with Crippen LogP contribution in [0.15, 0.2) is 58.8 Å². The first-order valence-electron chi connectivity index (χ1n) is 9.99. The van der Waals surface area contributed by atoms with Gasteiger partial charge in [-0.1, -0.05) is 24.3 Å². The fourth-order valence-electron chi connectivity index (χ4n) is 3.64. The lowest BCUT2D eigenvalue weighted by Crippen LogP contribution is -2.36. The Labute approximate surface area is 194 Å². The Kier molecular flexibility index (Phi) is 6.59. The van der Waals surface area contributed by atoms with Crippen LogP contribution in [0.3, 0.4) is 0 Å². The fraction of sp³-hybridized carbons (Fsp3) is 0.217. The molecule has 1 aliphatic rings. The molecule has 0 bridgehead atoms.